The molecule has 9 heteroatoms. The summed E-state index contributed by atoms with van der Waals surface area (Å²) >= 11 is 0. The van der Waals surface area contributed by atoms with Gasteiger partial charge in [0.25, 0.3) is 0 Å². The Morgan fingerprint density at radius 2 is 1.74 bits per heavy atom. The zero-order chi connectivity index (χ0) is 23.8. The molecule has 2 aliphatic carbocycles. The van der Waals surface area contributed by atoms with Crippen LogP contribution in [0.25, 0.3) is 11.1 Å². The fraction of sp³-hybridized carbons (Fsp3) is 0.280. The average molecular weight is 460 g/mol. The molecule has 2 atom stereocenters. The van der Waals surface area contributed by atoms with Crippen LogP contribution < -0.4 is 10.6 Å². The Morgan fingerprint density at radius 1 is 1.09 bits per heavy atom. The van der Waals surface area contributed by atoms with E-state index in [4.69, 9.17) is 4.74 Å². The Morgan fingerprint density at radius 3 is 2.38 bits per heavy atom. The fourth-order valence-corrected chi connectivity index (χ4v) is 4.62. The fourth-order valence-electron chi connectivity index (χ4n) is 4.62. The first-order chi connectivity index (χ1) is 16.4. The number of hydrogen-bond acceptors (Lipinski definition) is 5. The molecule has 1 fully saturated rings. The summed E-state index contributed by atoms with van der Waals surface area (Å²) in [5.41, 5.74) is 4.58. The molecule has 5 rings (SSSR count). The molecule has 1 aromatic heterocycles. The molecule has 0 aliphatic heterocycles. The van der Waals surface area contributed by atoms with Crippen LogP contribution in [0.3, 0.4) is 0 Å². The summed E-state index contributed by atoms with van der Waals surface area (Å²) < 4.78 is 6.86. The summed E-state index contributed by atoms with van der Waals surface area (Å²) in [4.78, 5) is 36.0. The second-order valence-corrected chi connectivity index (χ2v) is 8.67. The highest BCUT2D eigenvalue weighted by Crippen LogP contribution is 2.44. The van der Waals surface area contributed by atoms with E-state index in [9.17, 15) is 19.5 Å². The predicted molar refractivity (Wildman–Crippen MR) is 123 cm³/mol. The Bertz CT molecular complexity index is 1240. The number of nitrogens with one attached hydrogen (secondary N) is 2. The molecule has 3 N–H and O–H groups in total. The number of carboxylic acid groups (broad SMARTS) is 1. The standard InChI is InChI=1S/C25H24N4O5/c1-29-12-21(22(28-29)24(31)32)27-23(30)19-10-14(19)11-26-25(33)34-13-20-17-8-4-2-6-15(17)16-7-3-5-9-18(16)20/h2-9,12,14,19-20H,10-11,13H2,1H3,(H,26,33)(H,27,30)(H,31,32). The smallest absolute Gasteiger partial charge is 0.407 e. The maximum atomic E-state index is 12.5. The highest BCUT2D eigenvalue weighted by Gasteiger charge is 2.43. The van der Waals surface area contributed by atoms with Crippen LogP contribution >= 0.6 is 0 Å². The van der Waals surface area contributed by atoms with Crippen molar-refractivity contribution in [3.63, 3.8) is 0 Å². The van der Waals surface area contributed by atoms with Gasteiger partial charge in [-0.15, -0.1) is 0 Å². The summed E-state index contributed by atoms with van der Waals surface area (Å²) in [5, 5.41) is 18.4. The van der Waals surface area contributed by atoms with Crippen LogP contribution in [0, 0.1) is 11.8 Å². The predicted octanol–water partition coefficient (Wildman–Crippen LogP) is 3.23. The molecule has 9 nitrogen and oxygen atoms in total. The van der Waals surface area contributed by atoms with Crippen molar-refractivity contribution in [1.29, 1.82) is 0 Å². The lowest BCUT2D eigenvalue weighted by atomic mass is 9.98. The number of amides is 2. The van der Waals surface area contributed by atoms with Gasteiger partial charge in [0.05, 0.1) is 5.69 Å². The van der Waals surface area contributed by atoms with Gasteiger partial charge in [0.15, 0.2) is 5.69 Å². The van der Waals surface area contributed by atoms with Crippen molar-refractivity contribution in [2.75, 3.05) is 18.5 Å². The molecule has 0 spiro atoms. The second kappa shape index (κ2) is 8.66. The van der Waals surface area contributed by atoms with Crippen molar-refractivity contribution in [2.24, 2.45) is 18.9 Å². The van der Waals surface area contributed by atoms with E-state index in [0.29, 0.717) is 13.0 Å². The minimum atomic E-state index is -1.21. The van der Waals surface area contributed by atoms with Crippen LogP contribution in [-0.4, -0.2) is 46.0 Å². The third-order valence-corrected chi connectivity index (χ3v) is 6.40. The van der Waals surface area contributed by atoms with Crippen LogP contribution in [0.4, 0.5) is 10.5 Å². The minimum Gasteiger partial charge on any atom is -0.476 e. The summed E-state index contributed by atoms with van der Waals surface area (Å²) in [5.74, 6) is -1.82. The molecule has 0 saturated heterocycles. The molecule has 0 radical (unpaired) electrons. The van der Waals surface area contributed by atoms with Gasteiger partial charge in [-0.25, -0.2) is 9.59 Å². The van der Waals surface area contributed by atoms with Crippen LogP contribution in [0.15, 0.2) is 54.7 Å². The normalized spacial score (nSPS) is 18.0. The lowest BCUT2D eigenvalue weighted by Crippen LogP contribution is -2.29. The number of aryl methyl sites for hydroxylation is 1. The number of nitrogens with zero attached hydrogens (tertiary/aromatic N) is 2. The molecule has 2 amide bonds. The number of fused-ring (bicyclic) bond motifs is 3. The first kappa shape index (κ1) is 21.7. The van der Waals surface area contributed by atoms with E-state index in [1.165, 1.54) is 22.0 Å². The number of aromatic nitrogens is 2. The number of carbonyl (C=O) groups is 3. The topological polar surface area (TPSA) is 123 Å². The lowest BCUT2D eigenvalue weighted by Gasteiger charge is -2.14. The molecular weight excluding hydrogens is 436 g/mol. The van der Waals surface area contributed by atoms with Gasteiger partial charge in [-0.2, -0.15) is 5.10 Å². The number of carboxylic acids is 1. The monoisotopic (exact) mass is 460 g/mol. The quantitative estimate of drug-likeness (QED) is 0.498. The van der Waals surface area contributed by atoms with Gasteiger partial charge in [0.2, 0.25) is 5.91 Å². The van der Waals surface area contributed by atoms with Gasteiger partial charge in [-0.1, -0.05) is 48.5 Å². The summed E-state index contributed by atoms with van der Waals surface area (Å²) in [6.07, 6.45) is 1.54. The van der Waals surface area contributed by atoms with E-state index < -0.39 is 12.1 Å². The Balaban J connectivity index is 1.12. The van der Waals surface area contributed by atoms with E-state index in [0.717, 1.165) is 11.1 Å². The zero-order valence-electron chi connectivity index (χ0n) is 18.5. The van der Waals surface area contributed by atoms with Gasteiger partial charge in [-0.05, 0) is 34.6 Å². The number of carbonyl (C=O) groups excluding carboxylic acids is 2. The van der Waals surface area contributed by atoms with Gasteiger partial charge < -0.3 is 20.5 Å². The van der Waals surface area contributed by atoms with Crippen LogP contribution in [-0.2, 0) is 16.6 Å². The molecule has 1 heterocycles. The van der Waals surface area contributed by atoms with Crippen LogP contribution in [0.2, 0.25) is 0 Å². The van der Waals surface area contributed by atoms with E-state index in [1.807, 2.05) is 24.3 Å². The number of hydrogen-bond donors (Lipinski definition) is 3. The molecule has 3 aromatic rings. The van der Waals surface area contributed by atoms with Crippen molar-refractivity contribution in [2.45, 2.75) is 12.3 Å². The first-order valence-electron chi connectivity index (χ1n) is 11.1. The number of anilines is 1. The Hall–Kier alpha value is -4.14. The van der Waals surface area contributed by atoms with Gasteiger partial charge in [0.1, 0.15) is 6.61 Å². The molecule has 2 unspecified atom stereocenters. The summed E-state index contributed by atoms with van der Waals surface area (Å²) in [6, 6.07) is 16.3. The number of ether oxygens (including phenoxy) is 1. The van der Waals surface area contributed by atoms with Crippen LogP contribution in [0.1, 0.15) is 34.0 Å². The van der Waals surface area contributed by atoms with E-state index >= 15 is 0 Å². The highest BCUT2D eigenvalue weighted by atomic mass is 16.5. The lowest BCUT2D eigenvalue weighted by molar-refractivity contribution is -0.117. The third kappa shape index (κ3) is 4.12. The number of rotatable bonds is 7. The number of benzene rings is 2. The van der Waals surface area contributed by atoms with Crippen molar-refractivity contribution in [3.8, 4) is 11.1 Å². The molecule has 0 bridgehead atoms. The van der Waals surface area contributed by atoms with Crippen molar-refractivity contribution < 1.29 is 24.2 Å². The maximum absolute atomic E-state index is 12.5. The second-order valence-electron chi connectivity index (χ2n) is 8.67. The third-order valence-electron chi connectivity index (χ3n) is 6.40. The number of alkyl carbamates (subject to hydrolysis) is 1. The van der Waals surface area contributed by atoms with Crippen molar-refractivity contribution in [3.05, 3.63) is 71.5 Å². The largest absolute Gasteiger partial charge is 0.476 e. The average Bonchev–Trinajstić information content (AvgIpc) is 3.42. The molecule has 2 aliphatic rings. The van der Waals surface area contributed by atoms with E-state index in [1.54, 1.807) is 7.05 Å². The Kier molecular flexibility index (Phi) is 5.53. The molecule has 34 heavy (non-hydrogen) atoms. The molecule has 1 saturated carbocycles. The van der Waals surface area contributed by atoms with Gasteiger partial charge >= 0.3 is 12.1 Å². The van der Waals surface area contributed by atoms with Crippen LogP contribution in [0.5, 0.6) is 0 Å². The minimum absolute atomic E-state index is 0.0134. The van der Waals surface area contributed by atoms with Crippen molar-refractivity contribution in [1.82, 2.24) is 15.1 Å². The molecule has 174 valence electrons. The summed E-state index contributed by atoms with van der Waals surface area (Å²) in [7, 11) is 1.58. The van der Waals surface area contributed by atoms with E-state index in [-0.39, 0.29) is 41.6 Å². The molecular formula is C25H24N4O5. The SMILES string of the molecule is Cn1cc(NC(=O)C2CC2CNC(=O)OCC2c3ccccc3-c3ccccc32)c(C(=O)O)n1. The Labute approximate surface area is 195 Å². The van der Waals surface area contributed by atoms with Crippen molar-refractivity contribution >= 4 is 23.7 Å². The van der Waals surface area contributed by atoms with Gasteiger partial charge in [-0.3, -0.25) is 9.48 Å². The van der Waals surface area contributed by atoms with E-state index in [2.05, 4.69) is 40.0 Å². The number of aromatic carboxylic acids is 1. The highest BCUT2D eigenvalue weighted by molar-refractivity contribution is 6.00. The zero-order valence-corrected chi connectivity index (χ0v) is 18.5. The summed E-state index contributed by atoms with van der Waals surface area (Å²) in [6.45, 7) is 0.543. The maximum Gasteiger partial charge on any atom is 0.407 e. The van der Waals surface area contributed by atoms with Gasteiger partial charge in [0, 0.05) is 31.6 Å². The first-order valence-corrected chi connectivity index (χ1v) is 11.1. The molecule has 2 aromatic carbocycles.